The van der Waals surface area contributed by atoms with Crippen LogP contribution in [-0.2, 0) is 11.3 Å². The Kier molecular flexibility index (Phi) is 7.24. The number of halogens is 2. The molecule has 32 heavy (non-hydrogen) atoms. The molecule has 0 saturated carbocycles. The zero-order chi connectivity index (χ0) is 22.7. The number of carbonyl (C=O) groups excluding carboxylic acids is 1. The van der Waals surface area contributed by atoms with Gasteiger partial charge in [-0.1, -0.05) is 22.0 Å². The Morgan fingerprint density at radius 2 is 1.78 bits per heavy atom. The Morgan fingerprint density at radius 1 is 1.12 bits per heavy atom. The fourth-order valence-electron chi connectivity index (χ4n) is 4.64. The van der Waals surface area contributed by atoms with Crippen molar-refractivity contribution in [1.82, 2.24) is 19.7 Å². The number of aromatic nitrogens is 1. The van der Waals surface area contributed by atoms with Gasteiger partial charge in [-0.25, -0.2) is 4.39 Å². The number of hydrogen-bond acceptors (Lipinski definition) is 5. The van der Waals surface area contributed by atoms with E-state index >= 15 is 0 Å². The van der Waals surface area contributed by atoms with Gasteiger partial charge in [0.05, 0.1) is 0 Å². The van der Waals surface area contributed by atoms with E-state index in [0.717, 1.165) is 23.1 Å². The van der Waals surface area contributed by atoms with Gasteiger partial charge in [-0.3, -0.25) is 19.6 Å². The standard InChI is InChI=1S/C24H30BrFN4O2/c1-18(19-4-8-27-9-5-19)29-10-6-24(32,7-11-29)23(31)30-14-12-28(13-15-30)17-20-2-3-21(26)16-22(20)25/h2-5,8-9,16,18,32H,6-7,10-15,17H2,1H3. The minimum absolute atomic E-state index is 0.142. The van der Waals surface area contributed by atoms with Crippen molar-refractivity contribution in [2.45, 2.75) is 38.0 Å². The predicted molar refractivity (Wildman–Crippen MR) is 124 cm³/mol. The lowest BCUT2D eigenvalue weighted by atomic mass is 9.88. The van der Waals surface area contributed by atoms with E-state index in [1.165, 1.54) is 17.7 Å². The van der Waals surface area contributed by atoms with Gasteiger partial charge in [-0.05, 0) is 55.2 Å². The molecule has 1 N–H and O–H groups in total. The lowest BCUT2D eigenvalue weighted by molar-refractivity contribution is -0.158. The SMILES string of the molecule is CC(c1ccncc1)N1CCC(O)(C(=O)N2CCN(Cc3ccc(F)cc3Br)CC2)CC1. The quantitative estimate of drug-likeness (QED) is 0.677. The summed E-state index contributed by atoms with van der Waals surface area (Å²) in [6.45, 7) is 6.88. The van der Waals surface area contributed by atoms with Crippen LogP contribution in [0.5, 0.6) is 0 Å². The number of aliphatic hydroxyl groups is 1. The lowest BCUT2D eigenvalue weighted by Gasteiger charge is -2.43. The Balaban J connectivity index is 1.28. The third kappa shape index (κ3) is 5.20. The molecule has 1 atom stereocenters. The van der Waals surface area contributed by atoms with Crippen LogP contribution in [0.4, 0.5) is 4.39 Å². The molecule has 1 aromatic heterocycles. The zero-order valence-corrected chi connectivity index (χ0v) is 20.0. The summed E-state index contributed by atoms with van der Waals surface area (Å²) < 4.78 is 14.1. The molecule has 2 fully saturated rings. The molecular formula is C24H30BrFN4O2. The zero-order valence-electron chi connectivity index (χ0n) is 18.4. The molecule has 0 aliphatic carbocycles. The first-order valence-electron chi connectivity index (χ1n) is 11.2. The van der Waals surface area contributed by atoms with Crippen molar-refractivity contribution in [3.05, 3.63) is 64.1 Å². The largest absolute Gasteiger partial charge is 0.380 e. The van der Waals surface area contributed by atoms with Crippen LogP contribution in [0.15, 0.2) is 47.2 Å². The highest BCUT2D eigenvalue weighted by molar-refractivity contribution is 9.10. The van der Waals surface area contributed by atoms with Crippen LogP contribution in [0, 0.1) is 5.82 Å². The van der Waals surface area contributed by atoms with E-state index in [-0.39, 0.29) is 17.8 Å². The van der Waals surface area contributed by atoms with Crippen molar-refractivity contribution in [2.75, 3.05) is 39.3 Å². The number of hydrogen-bond donors (Lipinski definition) is 1. The number of rotatable bonds is 5. The molecule has 2 aliphatic rings. The van der Waals surface area contributed by atoms with Crippen molar-refractivity contribution in [2.24, 2.45) is 0 Å². The molecule has 2 saturated heterocycles. The van der Waals surface area contributed by atoms with Gasteiger partial charge in [-0.15, -0.1) is 0 Å². The maximum atomic E-state index is 13.3. The number of benzene rings is 1. The Bertz CT molecular complexity index is 929. The first-order chi connectivity index (χ1) is 15.4. The molecule has 2 aliphatic heterocycles. The lowest BCUT2D eigenvalue weighted by Crippen LogP contribution is -2.58. The fourth-order valence-corrected chi connectivity index (χ4v) is 5.12. The smallest absolute Gasteiger partial charge is 0.254 e. The van der Waals surface area contributed by atoms with Gasteiger partial charge in [0.15, 0.2) is 0 Å². The van der Waals surface area contributed by atoms with E-state index in [1.54, 1.807) is 23.4 Å². The summed E-state index contributed by atoms with van der Waals surface area (Å²) in [5.74, 6) is -0.401. The van der Waals surface area contributed by atoms with Gasteiger partial charge in [0.1, 0.15) is 11.4 Å². The summed E-state index contributed by atoms with van der Waals surface area (Å²) in [5, 5.41) is 11.1. The van der Waals surface area contributed by atoms with Crippen LogP contribution in [-0.4, -0.2) is 75.6 Å². The monoisotopic (exact) mass is 504 g/mol. The first kappa shape index (κ1) is 23.3. The van der Waals surface area contributed by atoms with Gasteiger partial charge in [-0.2, -0.15) is 0 Å². The molecule has 0 spiro atoms. The second-order valence-electron chi connectivity index (χ2n) is 8.83. The second-order valence-corrected chi connectivity index (χ2v) is 9.68. The van der Waals surface area contributed by atoms with E-state index < -0.39 is 5.60 Å². The van der Waals surface area contributed by atoms with Crippen LogP contribution < -0.4 is 0 Å². The van der Waals surface area contributed by atoms with Gasteiger partial charge in [0.25, 0.3) is 5.91 Å². The number of nitrogens with zero attached hydrogens (tertiary/aromatic N) is 4. The number of amides is 1. The van der Waals surface area contributed by atoms with E-state index in [4.69, 9.17) is 0 Å². The highest BCUT2D eigenvalue weighted by Crippen LogP contribution is 2.30. The molecule has 4 rings (SSSR count). The van der Waals surface area contributed by atoms with Crippen LogP contribution in [0.2, 0.25) is 0 Å². The number of piperidine rings is 1. The van der Waals surface area contributed by atoms with Crippen LogP contribution in [0.25, 0.3) is 0 Å². The molecule has 1 aromatic carbocycles. The number of pyridine rings is 1. The van der Waals surface area contributed by atoms with Gasteiger partial charge < -0.3 is 10.0 Å². The average molecular weight is 505 g/mol. The molecule has 0 bridgehead atoms. The Morgan fingerprint density at radius 3 is 2.41 bits per heavy atom. The molecule has 3 heterocycles. The van der Waals surface area contributed by atoms with Crippen molar-refractivity contribution >= 4 is 21.8 Å². The average Bonchev–Trinajstić information content (AvgIpc) is 2.81. The summed E-state index contributed by atoms with van der Waals surface area (Å²) in [5.41, 5.74) is 0.942. The highest BCUT2D eigenvalue weighted by atomic mass is 79.9. The van der Waals surface area contributed by atoms with E-state index in [1.807, 2.05) is 12.1 Å². The van der Waals surface area contributed by atoms with Crippen LogP contribution >= 0.6 is 15.9 Å². The van der Waals surface area contributed by atoms with Crippen LogP contribution in [0.1, 0.15) is 36.9 Å². The molecule has 8 heteroatoms. The van der Waals surface area contributed by atoms with Crippen molar-refractivity contribution in [3.63, 3.8) is 0 Å². The van der Waals surface area contributed by atoms with Crippen molar-refractivity contribution in [3.8, 4) is 0 Å². The fraction of sp³-hybridized carbons (Fsp3) is 0.500. The molecular weight excluding hydrogens is 475 g/mol. The summed E-state index contributed by atoms with van der Waals surface area (Å²) in [4.78, 5) is 23.6. The minimum Gasteiger partial charge on any atom is -0.380 e. The molecule has 0 radical (unpaired) electrons. The topological polar surface area (TPSA) is 59.9 Å². The molecule has 1 unspecified atom stereocenters. The Hall–Kier alpha value is -1.87. The number of likely N-dealkylation sites (tertiary alicyclic amines) is 1. The maximum Gasteiger partial charge on any atom is 0.254 e. The third-order valence-electron chi connectivity index (χ3n) is 6.83. The minimum atomic E-state index is -1.28. The summed E-state index contributed by atoms with van der Waals surface area (Å²) in [6, 6.07) is 9.00. The number of piperazine rings is 1. The van der Waals surface area contributed by atoms with Crippen molar-refractivity contribution < 1.29 is 14.3 Å². The molecule has 172 valence electrons. The summed E-state index contributed by atoms with van der Waals surface area (Å²) >= 11 is 3.43. The predicted octanol–water partition coefficient (Wildman–Crippen LogP) is 3.22. The van der Waals surface area contributed by atoms with E-state index in [2.05, 4.69) is 37.6 Å². The summed E-state index contributed by atoms with van der Waals surface area (Å²) in [6.07, 6.45) is 4.49. The molecule has 2 aromatic rings. The van der Waals surface area contributed by atoms with Crippen LogP contribution in [0.3, 0.4) is 0 Å². The third-order valence-corrected chi connectivity index (χ3v) is 7.57. The first-order valence-corrected chi connectivity index (χ1v) is 12.0. The Labute approximate surface area is 197 Å². The summed E-state index contributed by atoms with van der Waals surface area (Å²) in [7, 11) is 0. The van der Waals surface area contributed by atoms with Gasteiger partial charge >= 0.3 is 0 Å². The normalized spacial score (nSPS) is 20.8. The van der Waals surface area contributed by atoms with Gasteiger partial charge in [0, 0.05) is 68.7 Å². The van der Waals surface area contributed by atoms with Gasteiger partial charge in [0.2, 0.25) is 0 Å². The highest BCUT2D eigenvalue weighted by Gasteiger charge is 2.43. The second kappa shape index (κ2) is 9.95. The number of carbonyl (C=O) groups is 1. The molecule has 1 amide bonds. The van der Waals surface area contributed by atoms with E-state index in [0.29, 0.717) is 45.6 Å². The van der Waals surface area contributed by atoms with Crippen molar-refractivity contribution in [1.29, 1.82) is 0 Å². The van der Waals surface area contributed by atoms with E-state index in [9.17, 15) is 14.3 Å². The molecule has 6 nitrogen and oxygen atoms in total. The maximum absolute atomic E-state index is 13.3.